The smallest absolute Gasteiger partial charge is 0.271 e. The lowest BCUT2D eigenvalue weighted by Gasteiger charge is -2.06. The van der Waals surface area contributed by atoms with Crippen LogP contribution in [0.15, 0.2) is 65.3 Å². The van der Waals surface area contributed by atoms with Crippen molar-refractivity contribution >= 4 is 39.0 Å². The molecule has 0 radical (unpaired) electrons. The number of nitrogens with zero attached hydrogens (tertiary/aromatic N) is 1. The van der Waals surface area contributed by atoms with E-state index in [1.54, 1.807) is 0 Å². The van der Waals surface area contributed by atoms with Crippen LogP contribution in [-0.4, -0.2) is 10.8 Å². The first-order valence-corrected chi connectivity index (χ1v) is 8.14. The highest BCUT2D eigenvalue weighted by Gasteiger charge is 2.16. The molecule has 4 rings (SSSR count). The zero-order valence-corrected chi connectivity index (χ0v) is 13.9. The van der Waals surface area contributed by atoms with E-state index >= 15 is 0 Å². The van der Waals surface area contributed by atoms with Crippen molar-refractivity contribution in [1.82, 2.24) is 0 Å². The standard InChI is InChI=1S/C20H13FN2O4/c21-16-7-6-14(23(25)26)10-17(16)22-19(24)9-13-11-27-18-8-5-12-3-1-2-4-15(12)20(13)18/h1-8,10-11H,9H2,(H,22,24). The molecule has 0 atom stereocenters. The topological polar surface area (TPSA) is 85.4 Å². The fraction of sp³-hybridized carbons (Fsp3) is 0.0500. The Morgan fingerprint density at radius 1 is 1.15 bits per heavy atom. The molecule has 1 N–H and O–H groups in total. The van der Waals surface area contributed by atoms with E-state index < -0.39 is 16.6 Å². The minimum absolute atomic E-state index is 0.0524. The Hall–Kier alpha value is -3.74. The van der Waals surface area contributed by atoms with Crippen molar-refractivity contribution in [2.24, 2.45) is 0 Å². The van der Waals surface area contributed by atoms with Gasteiger partial charge in [-0.3, -0.25) is 14.9 Å². The average Bonchev–Trinajstić information content (AvgIpc) is 3.06. The summed E-state index contributed by atoms with van der Waals surface area (Å²) in [7, 11) is 0. The minimum Gasteiger partial charge on any atom is -0.464 e. The van der Waals surface area contributed by atoms with Gasteiger partial charge in [-0.2, -0.15) is 0 Å². The molecule has 1 aromatic heterocycles. The summed E-state index contributed by atoms with van der Waals surface area (Å²) in [5.41, 5.74) is 0.779. The van der Waals surface area contributed by atoms with Crippen LogP contribution in [0.2, 0.25) is 0 Å². The molecule has 134 valence electrons. The number of nitrogens with one attached hydrogen (secondary N) is 1. The van der Waals surface area contributed by atoms with Crippen LogP contribution >= 0.6 is 0 Å². The zero-order valence-electron chi connectivity index (χ0n) is 13.9. The first-order valence-electron chi connectivity index (χ1n) is 8.14. The Kier molecular flexibility index (Phi) is 4.04. The molecule has 0 aliphatic carbocycles. The Morgan fingerprint density at radius 3 is 2.78 bits per heavy atom. The zero-order chi connectivity index (χ0) is 19.0. The molecule has 0 saturated carbocycles. The summed E-state index contributed by atoms with van der Waals surface area (Å²) in [6.45, 7) is 0. The van der Waals surface area contributed by atoms with Crippen LogP contribution in [-0.2, 0) is 11.2 Å². The van der Waals surface area contributed by atoms with Gasteiger partial charge in [0.15, 0.2) is 0 Å². The number of furan rings is 1. The first-order chi connectivity index (χ1) is 13.0. The number of amides is 1. The van der Waals surface area contributed by atoms with Crippen LogP contribution in [0.3, 0.4) is 0 Å². The third-order valence-corrected chi connectivity index (χ3v) is 4.33. The van der Waals surface area contributed by atoms with Crippen molar-refractivity contribution in [3.8, 4) is 0 Å². The van der Waals surface area contributed by atoms with Crippen molar-refractivity contribution < 1.29 is 18.5 Å². The summed E-state index contributed by atoms with van der Waals surface area (Å²) < 4.78 is 19.4. The van der Waals surface area contributed by atoms with Crippen LogP contribution in [0.5, 0.6) is 0 Å². The molecule has 1 amide bonds. The molecule has 0 aliphatic rings. The summed E-state index contributed by atoms with van der Waals surface area (Å²) >= 11 is 0. The van der Waals surface area contributed by atoms with Gasteiger partial charge < -0.3 is 9.73 Å². The van der Waals surface area contributed by atoms with Gasteiger partial charge in [0, 0.05) is 23.1 Å². The number of halogens is 1. The molecule has 1 heterocycles. The van der Waals surface area contributed by atoms with Gasteiger partial charge >= 0.3 is 0 Å². The summed E-state index contributed by atoms with van der Waals surface area (Å²) in [6.07, 6.45) is 1.45. The Balaban J connectivity index is 1.65. The highest BCUT2D eigenvalue weighted by Crippen LogP contribution is 2.30. The van der Waals surface area contributed by atoms with Crippen LogP contribution in [0.4, 0.5) is 15.8 Å². The predicted molar refractivity (Wildman–Crippen MR) is 99.1 cm³/mol. The molecule has 0 aliphatic heterocycles. The third kappa shape index (κ3) is 3.10. The maximum atomic E-state index is 13.9. The van der Waals surface area contributed by atoms with E-state index in [1.807, 2.05) is 36.4 Å². The molecule has 3 aromatic carbocycles. The lowest BCUT2D eigenvalue weighted by Crippen LogP contribution is -2.15. The van der Waals surface area contributed by atoms with E-state index in [9.17, 15) is 19.3 Å². The van der Waals surface area contributed by atoms with Crippen molar-refractivity contribution in [3.05, 3.63) is 82.4 Å². The van der Waals surface area contributed by atoms with Crippen molar-refractivity contribution in [3.63, 3.8) is 0 Å². The number of hydrogen-bond donors (Lipinski definition) is 1. The third-order valence-electron chi connectivity index (χ3n) is 4.33. The van der Waals surface area contributed by atoms with Crippen LogP contribution < -0.4 is 5.32 Å². The molecule has 0 spiro atoms. The summed E-state index contributed by atoms with van der Waals surface area (Å²) in [5.74, 6) is -1.23. The quantitative estimate of drug-likeness (QED) is 0.416. The van der Waals surface area contributed by atoms with Crippen molar-refractivity contribution in [2.75, 3.05) is 5.32 Å². The molecule has 27 heavy (non-hydrogen) atoms. The van der Waals surface area contributed by atoms with Gasteiger partial charge in [-0.15, -0.1) is 0 Å². The summed E-state index contributed by atoms with van der Waals surface area (Å²) in [5, 5.41) is 16.0. The second kappa shape index (κ2) is 6.53. The van der Waals surface area contributed by atoms with Crippen molar-refractivity contribution in [2.45, 2.75) is 6.42 Å². The Morgan fingerprint density at radius 2 is 1.96 bits per heavy atom. The fourth-order valence-corrected chi connectivity index (χ4v) is 3.09. The number of non-ortho nitro benzene ring substituents is 1. The molecule has 7 heteroatoms. The molecule has 0 fully saturated rings. The second-order valence-corrected chi connectivity index (χ2v) is 6.07. The number of fused-ring (bicyclic) bond motifs is 3. The van der Waals surface area contributed by atoms with Gasteiger partial charge in [0.2, 0.25) is 5.91 Å². The van der Waals surface area contributed by atoms with Gasteiger partial charge in [0.25, 0.3) is 5.69 Å². The van der Waals surface area contributed by atoms with Gasteiger partial charge in [-0.1, -0.05) is 30.3 Å². The van der Waals surface area contributed by atoms with Gasteiger partial charge in [-0.05, 0) is 22.9 Å². The van der Waals surface area contributed by atoms with E-state index in [4.69, 9.17) is 4.42 Å². The minimum atomic E-state index is -0.739. The van der Waals surface area contributed by atoms with E-state index in [2.05, 4.69) is 5.32 Å². The number of nitro benzene ring substituents is 1. The summed E-state index contributed by atoms with van der Waals surface area (Å²) in [4.78, 5) is 22.6. The maximum Gasteiger partial charge on any atom is 0.271 e. The fourth-order valence-electron chi connectivity index (χ4n) is 3.09. The number of carbonyl (C=O) groups is 1. The number of hydrogen-bond acceptors (Lipinski definition) is 4. The Labute approximate surface area is 152 Å². The highest BCUT2D eigenvalue weighted by molar-refractivity contribution is 6.09. The molecule has 0 unspecified atom stereocenters. The monoisotopic (exact) mass is 364 g/mol. The van der Waals surface area contributed by atoms with Gasteiger partial charge in [0.1, 0.15) is 11.4 Å². The second-order valence-electron chi connectivity index (χ2n) is 6.07. The van der Waals surface area contributed by atoms with Crippen LogP contribution in [0.25, 0.3) is 21.7 Å². The van der Waals surface area contributed by atoms with Gasteiger partial charge in [-0.25, -0.2) is 4.39 Å². The van der Waals surface area contributed by atoms with Crippen molar-refractivity contribution in [1.29, 1.82) is 0 Å². The van der Waals surface area contributed by atoms with E-state index in [-0.39, 0.29) is 17.8 Å². The Bertz CT molecular complexity index is 1200. The normalized spacial score (nSPS) is 11.0. The van der Waals surface area contributed by atoms with E-state index in [0.717, 1.165) is 34.4 Å². The lowest BCUT2D eigenvalue weighted by atomic mass is 10.0. The number of anilines is 1. The summed E-state index contributed by atoms with van der Waals surface area (Å²) in [6, 6.07) is 14.5. The molecule has 0 saturated heterocycles. The molecule has 4 aromatic rings. The molecular formula is C20H13FN2O4. The molecule has 6 nitrogen and oxygen atoms in total. The number of rotatable bonds is 4. The molecule has 0 bridgehead atoms. The first kappa shape index (κ1) is 16.7. The predicted octanol–water partition coefficient (Wildman–Crippen LogP) is 4.81. The molecular weight excluding hydrogens is 351 g/mol. The van der Waals surface area contributed by atoms with E-state index in [1.165, 1.54) is 6.26 Å². The average molecular weight is 364 g/mol. The number of carbonyl (C=O) groups excluding carboxylic acids is 1. The lowest BCUT2D eigenvalue weighted by molar-refractivity contribution is -0.384. The largest absolute Gasteiger partial charge is 0.464 e. The highest BCUT2D eigenvalue weighted by atomic mass is 19.1. The maximum absolute atomic E-state index is 13.9. The number of benzene rings is 3. The van der Waals surface area contributed by atoms with Gasteiger partial charge in [0.05, 0.1) is 23.3 Å². The SMILES string of the molecule is O=C(Cc1coc2ccc3ccccc3c12)Nc1cc([N+](=O)[O-])ccc1F. The van der Waals surface area contributed by atoms with E-state index in [0.29, 0.717) is 11.1 Å². The van der Waals surface area contributed by atoms with Crippen LogP contribution in [0.1, 0.15) is 5.56 Å². The number of nitro groups is 1. The van der Waals surface area contributed by atoms with Crippen LogP contribution in [0, 0.1) is 15.9 Å².